The Kier molecular flexibility index (Phi) is 3.68. The van der Waals surface area contributed by atoms with Gasteiger partial charge < -0.3 is 9.47 Å². The van der Waals surface area contributed by atoms with Crippen molar-refractivity contribution in [2.24, 2.45) is 5.92 Å². The molecule has 0 aromatic rings. The SMILES string of the molecule is COC(=O)C(C)OC(=O)[C@@H]1C=CCC1. The van der Waals surface area contributed by atoms with Crippen molar-refractivity contribution >= 4 is 11.9 Å². The Hall–Kier alpha value is -1.32. The molecule has 0 spiro atoms. The first-order chi connectivity index (χ1) is 6.65. The van der Waals surface area contributed by atoms with Gasteiger partial charge in [-0.1, -0.05) is 12.2 Å². The highest BCUT2D eigenvalue weighted by molar-refractivity contribution is 5.81. The topological polar surface area (TPSA) is 52.6 Å². The predicted octanol–water partition coefficient (Wildman–Crippen LogP) is 1.06. The lowest BCUT2D eigenvalue weighted by Gasteiger charge is -2.13. The second kappa shape index (κ2) is 4.79. The maximum absolute atomic E-state index is 11.4. The normalized spacial score (nSPS) is 21.7. The van der Waals surface area contributed by atoms with Crippen molar-refractivity contribution in [3.8, 4) is 0 Å². The maximum Gasteiger partial charge on any atom is 0.346 e. The van der Waals surface area contributed by atoms with E-state index < -0.39 is 12.1 Å². The zero-order chi connectivity index (χ0) is 10.6. The summed E-state index contributed by atoms with van der Waals surface area (Å²) in [6.45, 7) is 1.50. The quantitative estimate of drug-likeness (QED) is 0.502. The minimum absolute atomic E-state index is 0.192. The van der Waals surface area contributed by atoms with Gasteiger partial charge in [0.1, 0.15) is 0 Å². The Bertz CT molecular complexity index is 257. The second-order valence-electron chi connectivity index (χ2n) is 3.21. The van der Waals surface area contributed by atoms with Crippen LogP contribution in [0.25, 0.3) is 0 Å². The summed E-state index contributed by atoms with van der Waals surface area (Å²) in [4.78, 5) is 22.3. The number of hydrogen-bond donors (Lipinski definition) is 0. The van der Waals surface area contributed by atoms with Crippen LogP contribution >= 0.6 is 0 Å². The molecule has 1 unspecified atom stereocenters. The fraction of sp³-hybridized carbons (Fsp3) is 0.600. The molecule has 0 saturated carbocycles. The summed E-state index contributed by atoms with van der Waals surface area (Å²) in [7, 11) is 1.27. The van der Waals surface area contributed by atoms with Gasteiger partial charge in [-0.15, -0.1) is 0 Å². The van der Waals surface area contributed by atoms with E-state index in [1.807, 2.05) is 12.2 Å². The van der Waals surface area contributed by atoms with Gasteiger partial charge >= 0.3 is 11.9 Å². The van der Waals surface area contributed by atoms with E-state index in [1.54, 1.807) is 0 Å². The van der Waals surface area contributed by atoms with Crippen LogP contribution in [0.3, 0.4) is 0 Å². The van der Waals surface area contributed by atoms with Gasteiger partial charge in [-0.2, -0.15) is 0 Å². The number of methoxy groups -OCH3 is 1. The van der Waals surface area contributed by atoms with Crippen molar-refractivity contribution in [1.29, 1.82) is 0 Å². The zero-order valence-electron chi connectivity index (χ0n) is 8.36. The molecule has 2 atom stereocenters. The van der Waals surface area contributed by atoms with Gasteiger partial charge in [0.15, 0.2) is 6.10 Å². The van der Waals surface area contributed by atoms with E-state index in [-0.39, 0.29) is 11.9 Å². The molecule has 0 radical (unpaired) electrons. The lowest BCUT2D eigenvalue weighted by molar-refractivity contribution is -0.166. The average Bonchev–Trinajstić information content (AvgIpc) is 2.69. The number of hydrogen-bond acceptors (Lipinski definition) is 4. The van der Waals surface area contributed by atoms with Gasteiger partial charge in [-0.05, 0) is 19.8 Å². The molecule has 0 fully saturated rings. The molecule has 0 N–H and O–H groups in total. The molecule has 0 aromatic heterocycles. The van der Waals surface area contributed by atoms with E-state index in [0.717, 1.165) is 12.8 Å². The third kappa shape index (κ3) is 2.58. The predicted molar refractivity (Wildman–Crippen MR) is 49.4 cm³/mol. The number of ether oxygens (including phenoxy) is 2. The zero-order valence-corrected chi connectivity index (χ0v) is 8.36. The van der Waals surface area contributed by atoms with Gasteiger partial charge in [0, 0.05) is 0 Å². The van der Waals surface area contributed by atoms with Gasteiger partial charge in [0.2, 0.25) is 0 Å². The summed E-state index contributed by atoms with van der Waals surface area (Å²) in [6.07, 6.45) is 4.60. The summed E-state index contributed by atoms with van der Waals surface area (Å²) >= 11 is 0. The summed E-state index contributed by atoms with van der Waals surface area (Å²) in [5.41, 5.74) is 0. The first kappa shape index (κ1) is 10.8. The fourth-order valence-corrected chi connectivity index (χ4v) is 1.30. The highest BCUT2D eigenvalue weighted by atomic mass is 16.6. The lowest BCUT2D eigenvalue weighted by atomic mass is 10.1. The number of carbonyl (C=O) groups excluding carboxylic acids is 2. The molecular formula is C10H14O4. The summed E-state index contributed by atoms with van der Waals surface area (Å²) in [6, 6.07) is 0. The van der Waals surface area contributed by atoms with Crippen LogP contribution in [0.1, 0.15) is 19.8 Å². The molecule has 1 aliphatic carbocycles. The Morgan fingerprint density at radius 2 is 2.21 bits per heavy atom. The number of esters is 2. The summed E-state index contributed by atoms with van der Waals surface area (Å²) < 4.78 is 9.36. The van der Waals surface area contributed by atoms with Gasteiger partial charge in [-0.25, -0.2) is 4.79 Å². The summed E-state index contributed by atoms with van der Waals surface area (Å²) in [5.74, 6) is -1.07. The number of carbonyl (C=O) groups is 2. The molecule has 1 rings (SSSR count). The average molecular weight is 198 g/mol. The van der Waals surface area contributed by atoms with E-state index in [0.29, 0.717) is 0 Å². The molecule has 14 heavy (non-hydrogen) atoms. The Labute approximate surface area is 82.9 Å². The Morgan fingerprint density at radius 3 is 2.71 bits per heavy atom. The van der Waals surface area contributed by atoms with Crippen molar-refractivity contribution in [3.05, 3.63) is 12.2 Å². The molecule has 0 aromatic carbocycles. The van der Waals surface area contributed by atoms with Crippen LogP contribution in [0.5, 0.6) is 0 Å². The van der Waals surface area contributed by atoms with Gasteiger partial charge in [0.05, 0.1) is 13.0 Å². The smallest absolute Gasteiger partial charge is 0.346 e. The van der Waals surface area contributed by atoms with E-state index in [9.17, 15) is 9.59 Å². The molecule has 0 aliphatic heterocycles. The fourth-order valence-electron chi connectivity index (χ4n) is 1.30. The Balaban J connectivity index is 2.39. The second-order valence-corrected chi connectivity index (χ2v) is 3.21. The molecule has 78 valence electrons. The molecule has 1 aliphatic rings. The van der Waals surface area contributed by atoms with Crippen LogP contribution in [0, 0.1) is 5.92 Å². The lowest BCUT2D eigenvalue weighted by Crippen LogP contribution is -2.27. The van der Waals surface area contributed by atoms with Crippen LogP contribution in [0.2, 0.25) is 0 Å². The molecule has 0 saturated heterocycles. The van der Waals surface area contributed by atoms with E-state index in [4.69, 9.17) is 4.74 Å². The maximum atomic E-state index is 11.4. The molecule has 4 nitrogen and oxygen atoms in total. The highest BCUT2D eigenvalue weighted by Crippen LogP contribution is 2.18. The van der Waals surface area contributed by atoms with Crippen LogP contribution in [0.4, 0.5) is 0 Å². The third-order valence-electron chi connectivity index (χ3n) is 2.14. The van der Waals surface area contributed by atoms with Gasteiger partial charge in [-0.3, -0.25) is 4.79 Å². The molecular weight excluding hydrogens is 184 g/mol. The molecule has 0 amide bonds. The Morgan fingerprint density at radius 1 is 1.50 bits per heavy atom. The van der Waals surface area contributed by atoms with Crippen molar-refractivity contribution in [1.82, 2.24) is 0 Å². The van der Waals surface area contributed by atoms with Crippen molar-refractivity contribution < 1.29 is 19.1 Å². The van der Waals surface area contributed by atoms with Crippen molar-refractivity contribution in [2.75, 3.05) is 7.11 Å². The number of rotatable bonds is 3. The van der Waals surface area contributed by atoms with Crippen LogP contribution in [-0.4, -0.2) is 25.2 Å². The van der Waals surface area contributed by atoms with Crippen LogP contribution in [0.15, 0.2) is 12.2 Å². The number of allylic oxidation sites excluding steroid dienone is 1. The third-order valence-corrected chi connectivity index (χ3v) is 2.14. The monoisotopic (exact) mass is 198 g/mol. The first-order valence-electron chi connectivity index (χ1n) is 4.60. The van der Waals surface area contributed by atoms with E-state index in [2.05, 4.69) is 4.74 Å². The van der Waals surface area contributed by atoms with Crippen molar-refractivity contribution in [2.45, 2.75) is 25.9 Å². The van der Waals surface area contributed by atoms with Crippen LogP contribution < -0.4 is 0 Å². The molecule has 0 heterocycles. The standard InChI is InChI=1S/C10H14O4/c1-7(9(11)13-2)14-10(12)8-5-3-4-6-8/h3,5,7-8H,4,6H2,1-2H3/t7?,8-/m1/s1. The minimum atomic E-state index is -0.818. The van der Waals surface area contributed by atoms with E-state index in [1.165, 1.54) is 14.0 Å². The van der Waals surface area contributed by atoms with E-state index >= 15 is 0 Å². The van der Waals surface area contributed by atoms with Crippen molar-refractivity contribution in [3.63, 3.8) is 0 Å². The van der Waals surface area contributed by atoms with Crippen LogP contribution in [-0.2, 0) is 19.1 Å². The largest absolute Gasteiger partial charge is 0.466 e. The minimum Gasteiger partial charge on any atom is -0.466 e. The summed E-state index contributed by atoms with van der Waals surface area (Å²) in [5, 5.41) is 0. The first-order valence-corrected chi connectivity index (χ1v) is 4.60. The highest BCUT2D eigenvalue weighted by Gasteiger charge is 2.24. The molecule has 0 bridgehead atoms. The van der Waals surface area contributed by atoms with Gasteiger partial charge in [0.25, 0.3) is 0 Å². The molecule has 4 heteroatoms.